The average Bonchev–Trinajstić information content (AvgIpc) is 2.84. The Morgan fingerprint density at radius 1 is 1.29 bits per heavy atom. The van der Waals surface area contributed by atoms with E-state index >= 15 is 0 Å². The van der Waals surface area contributed by atoms with Gasteiger partial charge in [-0.15, -0.1) is 0 Å². The summed E-state index contributed by atoms with van der Waals surface area (Å²) >= 11 is 0. The Morgan fingerprint density at radius 3 is 2.71 bits per heavy atom. The van der Waals surface area contributed by atoms with Gasteiger partial charge in [0.25, 0.3) is 0 Å². The van der Waals surface area contributed by atoms with E-state index in [-0.39, 0.29) is 5.54 Å². The summed E-state index contributed by atoms with van der Waals surface area (Å²) in [6.45, 7) is 13.0. The number of nitrogens with zero attached hydrogens (tertiary/aromatic N) is 1. The van der Waals surface area contributed by atoms with E-state index in [2.05, 4.69) is 37.9 Å². The van der Waals surface area contributed by atoms with Crippen molar-refractivity contribution >= 4 is 0 Å². The zero-order valence-electron chi connectivity index (χ0n) is 12.1. The number of likely N-dealkylation sites (tertiary alicyclic amines) is 1. The molecule has 0 bridgehead atoms. The topological polar surface area (TPSA) is 15.3 Å². The molecule has 0 spiro atoms. The lowest BCUT2D eigenvalue weighted by atomic mass is 10.1. The molecule has 0 amide bonds. The lowest BCUT2D eigenvalue weighted by Crippen LogP contribution is -2.39. The molecule has 2 nitrogen and oxygen atoms in total. The highest BCUT2D eigenvalue weighted by molar-refractivity contribution is 4.97. The first-order valence-electron chi connectivity index (χ1n) is 7.48. The van der Waals surface area contributed by atoms with Gasteiger partial charge in [-0.2, -0.15) is 0 Å². The molecule has 0 radical (unpaired) electrons. The van der Waals surface area contributed by atoms with Crippen LogP contribution in [0.2, 0.25) is 0 Å². The second-order valence-electron chi connectivity index (χ2n) is 7.13. The van der Waals surface area contributed by atoms with Crippen LogP contribution in [0.15, 0.2) is 0 Å². The molecule has 1 N–H and O–H groups in total. The van der Waals surface area contributed by atoms with Crippen LogP contribution in [0.5, 0.6) is 0 Å². The maximum Gasteiger partial charge on any atom is 0.0127 e. The van der Waals surface area contributed by atoms with E-state index < -0.39 is 0 Å². The van der Waals surface area contributed by atoms with E-state index in [4.69, 9.17) is 0 Å². The summed E-state index contributed by atoms with van der Waals surface area (Å²) < 4.78 is 0. The Bertz CT molecular complexity index is 244. The maximum absolute atomic E-state index is 3.65. The summed E-state index contributed by atoms with van der Waals surface area (Å²) in [5.41, 5.74) is 0.276. The van der Waals surface area contributed by atoms with E-state index in [0.29, 0.717) is 0 Å². The molecule has 2 rings (SSSR count). The van der Waals surface area contributed by atoms with E-state index in [1.807, 2.05) is 0 Å². The van der Waals surface area contributed by atoms with Crippen LogP contribution in [0, 0.1) is 11.8 Å². The highest BCUT2D eigenvalue weighted by Gasteiger charge is 2.42. The molecule has 1 aliphatic carbocycles. The third-order valence-electron chi connectivity index (χ3n) is 4.25. The van der Waals surface area contributed by atoms with E-state index in [9.17, 15) is 0 Å². The van der Waals surface area contributed by atoms with Crippen molar-refractivity contribution in [3.05, 3.63) is 0 Å². The molecule has 2 aliphatic rings. The second-order valence-corrected chi connectivity index (χ2v) is 7.13. The minimum absolute atomic E-state index is 0.276. The van der Waals surface area contributed by atoms with Crippen molar-refractivity contribution in [1.29, 1.82) is 0 Å². The van der Waals surface area contributed by atoms with Crippen molar-refractivity contribution < 1.29 is 0 Å². The lowest BCUT2D eigenvalue weighted by Gasteiger charge is -2.23. The summed E-state index contributed by atoms with van der Waals surface area (Å²) in [7, 11) is 0. The fourth-order valence-corrected chi connectivity index (χ4v) is 3.14. The number of hydrogen-bond donors (Lipinski definition) is 1. The fourth-order valence-electron chi connectivity index (χ4n) is 3.14. The zero-order chi connectivity index (χ0) is 12.5. The predicted octanol–water partition coefficient (Wildman–Crippen LogP) is 2.89. The van der Waals surface area contributed by atoms with Crippen molar-refractivity contribution in [2.75, 3.05) is 19.6 Å². The monoisotopic (exact) mass is 238 g/mol. The third kappa shape index (κ3) is 3.96. The fraction of sp³-hybridized carbons (Fsp3) is 1.00. The van der Waals surface area contributed by atoms with Crippen LogP contribution < -0.4 is 5.32 Å². The molecule has 0 aromatic carbocycles. The van der Waals surface area contributed by atoms with E-state index in [1.54, 1.807) is 0 Å². The minimum atomic E-state index is 0.276. The summed E-state index contributed by atoms with van der Waals surface area (Å²) in [5.74, 6) is 1.92. The number of hydrogen-bond acceptors (Lipinski definition) is 2. The van der Waals surface area contributed by atoms with Crippen LogP contribution in [0.4, 0.5) is 0 Å². The molecule has 2 fully saturated rings. The van der Waals surface area contributed by atoms with Gasteiger partial charge in [0.1, 0.15) is 0 Å². The summed E-state index contributed by atoms with van der Waals surface area (Å²) in [5, 5.41) is 3.65. The van der Waals surface area contributed by atoms with Gasteiger partial charge in [0.05, 0.1) is 0 Å². The standard InChI is InChI=1S/C15H30N2/c1-5-6-13-9-14(13)17-8-7-12(11-17)10-16-15(2,3)4/h12-14,16H,5-11H2,1-4H3. The molecule has 3 unspecified atom stereocenters. The SMILES string of the molecule is CCCC1CC1N1CCC(CNC(C)(C)C)C1. The normalized spacial score (nSPS) is 34.2. The predicted molar refractivity (Wildman–Crippen MR) is 74.2 cm³/mol. The van der Waals surface area contributed by atoms with Gasteiger partial charge < -0.3 is 5.32 Å². The van der Waals surface area contributed by atoms with Crippen molar-refractivity contribution in [2.45, 2.75) is 65.0 Å². The van der Waals surface area contributed by atoms with Gasteiger partial charge in [0.2, 0.25) is 0 Å². The average molecular weight is 238 g/mol. The van der Waals surface area contributed by atoms with Crippen LogP contribution in [-0.2, 0) is 0 Å². The minimum Gasteiger partial charge on any atom is -0.312 e. The van der Waals surface area contributed by atoms with Gasteiger partial charge >= 0.3 is 0 Å². The molecule has 1 saturated heterocycles. The van der Waals surface area contributed by atoms with Crippen molar-refractivity contribution in [3.8, 4) is 0 Å². The number of rotatable bonds is 5. The number of nitrogens with one attached hydrogen (secondary N) is 1. The van der Waals surface area contributed by atoms with Gasteiger partial charge in [-0.1, -0.05) is 13.3 Å². The van der Waals surface area contributed by atoms with Crippen LogP contribution in [0.25, 0.3) is 0 Å². The Balaban J connectivity index is 1.66. The maximum atomic E-state index is 3.65. The largest absolute Gasteiger partial charge is 0.312 e. The first-order chi connectivity index (χ1) is 7.99. The van der Waals surface area contributed by atoms with Gasteiger partial charge in [-0.3, -0.25) is 4.90 Å². The molecule has 17 heavy (non-hydrogen) atoms. The van der Waals surface area contributed by atoms with Crippen molar-refractivity contribution in [3.63, 3.8) is 0 Å². The molecular weight excluding hydrogens is 208 g/mol. The first-order valence-corrected chi connectivity index (χ1v) is 7.48. The molecule has 100 valence electrons. The highest BCUT2D eigenvalue weighted by Crippen LogP contribution is 2.41. The Labute approximate surface area is 107 Å². The molecule has 1 heterocycles. The summed E-state index contributed by atoms with van der Waals surface area (Å²) in [6.07, 6.45) is 5.70. The Kier molecular flexibility index (Phi) is 4.14. The molecule has 3 atom stereocenters. The van der Waals surface area contributed by atoms with E-state index in [1.165, 1.54) is 45.3 Å². The molecular formula is C15H30N2. The highest BCUT2D eigenvalue weighted by atomic mass is 15.2. The van der Waals surface area contributed by atoms with Gasteiger partial charge in [-0.05, 0) is 65.0 Å². The van der Waals surface area contributed by atoms with Gasteiger partial charge in [0, 0.05) is 18.1 Å². The molecule has 0 aromatic rings. The molecule has 1 aliphatic heterocycles. The third-order valence-corrected chi connectivity index (χ3v) is 4.25. The molecule has 0 aromatic heterocycles. The quantitative estimate of drug-likeness (QED) is 0.792. The van der Waals surface area contributed by atoms with Gasteiger partial charge in [-0.25, -0.2) is 0 Å². The van der Waals surface area contributed by atoms with Crippen LogP contribution in [0.1, 0.15) is 53.4 Å². The van der Waals surface area contributed by atoms with Gasteiger partial charge in [0.15, 0.2) is 0 Å². The van der Waals surface area contributed by atoms with Crippen LogP contribution >= 0.6 is 0 Å². The first kappa shape index (κ1) is 13.4. The second kappa shape index (κ2) is 5.27. The van der Waals surface area contributed by atoms with Crippen LogP contribution in [-0.4, -0.2) is 36.1 Å². The van der Waals surface area contributed by atoms with E-state index in [0.717, 1.165) is 17.9 Å². The summed E-state index contributed by atoms with van der Waals surface area (Å²) in [6, 6.07) is 0.953. The molecule has 1 saturated carbocycles. The smallest absolute Gasteiger partial charge is 0.0127 e. The molecule has 2 heteroatoms. The van der Waals surface area contributed by atoms with Crippen molar-refractivity contribution in [2.24, 2.45) is 11.8 Å². The summed E-state index contributed by atoms with van der Waals surface area (Å²) in [4.78, 5) is 2.76. The van der Waals surface area contributed by atoms with Crippen LogP contribution in [0.3, 0.4) is 0 Å². The Hall–Kier alpha value is -0.0800. The lowest BCUT2D eigenvalue weighted by molar-refractivity contribution is 0.288. The van der Waals surface area contributed by atoms with Crippen molar-refractivity contribution in [1.82, 2.24) is 10.2 Å². The zero-order valence-corrected chi connectivity index (χ0v) is 12.1. The Morgan fingerprint density at radius 2 is 2.06 bits per heavy atom.